The van der Waals surface area contributed by atoms with Gasteiger partial charge in [-0.3, -0.25) is 4.79 Å². The lowest BCUT2D eigenvalue weighted by Crippen LogP contribution is -2.33. The van der Waals surface area contributed by atoms with E-state index < -0.39 is 0 Å². The van der Waals surface area contributed by atoms with E-state index in [1.165, 1.54) is 0 Å². The highest BCUT2D eigenvalue weighted by Crippen LogP contribution is 2.35. The molecule has 5 nitrogen and oxygen atoms in total. The molecular formula is C15H18N2O3. The second-order valence-corrected chi connectivity index (χ2v) is 4.66. The van der Waals surface area contributed by atoms with Crippen LogP contribution >= 0.6 is 0 Å². The van der Waals surface area contributed by atoms with Gasteiger partial charge in [-0.15, -0.1) is 0 Å². The molecular weight excluding hydrogens is 256 g/mol. The van der Waals surface area contributed by atoms with Gasteiger partial charge in [0.2, 0.25) is 0 Å². The van der Waals surface area contributed by atoms with Crippen molar-refractivity contribution >= 4 is 11.7 Å². The number of hydrogen-bond acceptors (Lipinski definition) is 5. The lowest BCUT2D eigenvalue weighted by Gasteiger charge is -2.25. The van der Waals surface area contributed by atoms with Crippen LogP contribution in [0.15, 0.2) is 18.2 Å². The first-order valence-corrected chi connectivity index (χ1v) is 6.70. The Morgan fingerprint density at radius 2 is 2.25 bits per heavy atom. The van der Waals surface area contributed by atoms with Crippen LogP contribution in [0, 0.1) is 11.3 Å². The van der Waals surface area contributed by atoms with Crippen molar-refractivity contribution in [1.82, 2.24) is 0 Å². The summed E-state index contributed by atoms with van der Waals surface area (Å²) in [6, 6.07) is 7.74. The summed E-state index contributed by atoms with van der Waals surface area (Å²) in [5, 5.41) is 9.24. The van der Waals surface area contributed by atoms with Gasteiger partial charge in [0.1, 0.15) is 18.4 Å². The first kappa shape index (κ1) is 14.2. The molecule has 1 aromatic rings. The molecule has 1 aromatic carbocycles. The average molecular weight is 274 g/mol. The van der Waals surface area contributed by atoms with E-state index in [9.17, 15) is 10.1 Å². The van der Waals surface area contributed by atoms with Gasteiger partial charge in [-0.1, -0.05) is 0 Å². The first-order valence-electron chi connectivity index (χ1n) is 6.70. The van der Waals surface area contributed by atoms with Gasteiger partial charge in [0.15, 0.2) is 0 Å². The molecule has 0 aromatic heterocycles. The molecule has 0 heterocycles. The number of nitriles is 1. The number of methoxy groups -OCH3 is 1. The van der Waals surface area contributed by atoms with Crippen LogP contribution in [-0.4, -0.2) is 32.3 Å². The Morgan fingerprint density at radius 3 is 2.80 bits per heavy atom. The maximum Gasteiger partial charge on any atom is 0.325 e. The van der Waals surface area contributed by atoms with E-state index in [4.69, 9.17) is 9.47 Å². The van der Waals surface area contributed by atoms with Crippen LogP contribution in [0.1, 0.15) is 25.3 Å². The molecule has 0 amide bonds. The molecule has 5 heteroatoms. The molecule has 2 rings (SSSR count). The van der Waals surface area contributed by atoms with Crippen LogP contribution in [-0.2, 0) is 9.53 Å². The second-order valence-electron chi connectivity index (χ2n) is 4.66. The van der Waals surface area contributed by atoms with Crippen molar-refractivity contribution in [2.45, 2.75) is 25.8 Å². The number of nitrogens with zero attached hydrogens (tertiary/aromatic N) is 2. The molecule has 1 fully saturated rings. The van der Waals surface area contributed by atoms with Gasteiger partial charge in [0, 0.05) is 12.1 Å². The monoisotopic (exact) mass is 274 g/mol. The van der Waals surface area contributed by atoms with Crippen molar-refractivity contribution in [3.63, 3.8) is 0 Å². The molecule has 0 radical (unpaired) electrons. The van der Waals surface area contributed by atoms with E-state index in [1.54, 1.807) is 32.2 Å². The maximum atomic E-state index is 11.7. The van der Waals surface area contributed by atoms with Crippen LogP contribution in [0.2, 0.25) is 0 Å². The molecule has 106 valence electrons. The Bertz CT molecular complexity index is 532. The van der Waals surface area contributed by atoms with E-state index in [0.29, 0.717) is 24.0 Å². The maximum absolute atomic E-state index is 11.7. The van der Waals surface area contributed by atoms with Crippen molar-refractivity contribution in [1.29, 1.82) is 5.26 Å². The Labute approximate surface area is 118 Å². The van der Waals surface area contributed by atoms with Crippen LogP contribution in [0.3, 0.4) is 0 Å². The fourth-order valence-corrected chi connectivity index (χ4v) is 2.11. The fraction of sp³-hybridized carbons (Fsp3) is 0.467. The number of anilines is 1. The first-order chi connectivity index (χ1) is 9.69. The van der Waals surface area contributed by atoms with Crippen molar-refractivity contribution in [3.05, 3.63) is 23.8 Å². The molecule has 0 atom stereocenters. The minimum atomic E-state index is -0.272. The van der Waals surface area contributed by atoms with Crippen LogP contribution < -0.4 is 9.64 Å². The molecule has 20 heavy (non-hydrogen) atoms. The number of carbonyl (C=O) groups is 1. The Hall–Kier alpha value is -2.22. The Kier molecular flexibility index (Phi) is 4.46. The van der Waals surface area contributed by atoms with Crippen molar-refractivity contribution in [3.8, 4) is 11.8 Å². The number of esters is 1. The standard InChI is InChI=1S/C15H18N2O3/c1-3-20-15(18)10-17(12-5-6-12)14-8-13(19-2)7-4-11(14)9-16/h4,7-8,12H,3,5-6,10H2,1-2H3. The van der Waals surface area contributed by atoms with Crippen molar-refractivity contribution in [2.24, 2.45) is 0 Å². The summed E-state index contributed by atoms with van der Waals surface area (Å²) in [5.41, 5.74) is 1.28. The van der Waals surface area contributed by atoms with Gasteiger partial charge in [0.25, 0.3) is 0 Å². The van der Waals surface area contributed by atoms with Gasteiger partial charge in [-0.05, 0) is 31.9 Å². The predicted molar refractivity (Wildman–Crippen MR) is 74.7 cm³/mol. The lowest BCUT2D eigenvalue weighted by atomic mass is 10.1. The largest absolute Gasteiger partial charge is 0.497 e. The quantitative estimate of drug-likeness (QED) is 0.743. The predicted octanol–water partition coefficient (Wildman–Crippen LogP) is 2.10. The number of ether oxygens (including phenoxy) is 2. The summed E-state index contributed by atoms with van der Waals surface area (Å²) in [4.78, 5) is 13.7. The SMILES string of the molecule is CCOC(=O)CN(c1cc(OC)ccc1C#N)C1CC1. The molecule has 1 saturated carbocycles. The lowest BCUT2D eigenvalue weighted by molar-refractivity contribution is -0.141. The zero-order valence-corrected chi connectivity index (χ0v) is 11.8. The topological polar surface area (TPSA) is 62.6 Å². The van der Waals surface area contributed by atoms with Gasteiger partial charge in [-0.25, -0.2) is 0 Å². The third-order valence-corrected chi connectivity index (χ3v) is 3.23. The second kappa shape index (κ2) is 6.29. The van der Waals surface area contributed by atoms with Gasteiger partial charge < -0.3 is 14.4 Å². The van der Waals surface area contributed by atoms with E-state index in [0.717, 1.165) is 18.5 Å². The van der Waals surface area contributed by atoms with E-state index in [2.05, 4.69) is 6.07 Å². The molecule has 0 aliphatic heterocycles. The Morgan fingerprint density at radius 1 is 1.50 bits per heavy atom. The number of carbonyl (C=O) groups excluding carboxylic acids is 1. The van der Waals surface area contributed by atoms with E-state index in [-0.39, 0.29) is 12.5 Å². The molecule has 0 spiro atoms. The summed E-state index contributed by atoms with van der Waals surface area (Å²) in [6.45, 7) is 2.31. The van der Waals surface area contributed by atoms with Crippen molar-refractivity contribution < 1.29 is 14.3 Å². The number of benzene rings is 1. The number of hydrogen-bond donors (Lipinski definition) is 0. The Balaban J connectivity index is 2.28. The molecule has 0 unspecified atom stereocenters. The summed E-state index contributed by atoms with van der Waals surface area (Å²) in [5.74, 6) is 0.402. The molecule has 1 aliphatic rings. The summed E-state index contributed by atoms with van der Waals surface area (Å²) < 4.78 is 10.2. The van der Waals surface area contributed by atoms with Crippen LogP contribution in [0.5, 0.6) is 5.75 Å². The van der Waals surface area contributed by atoms with E-state index >= 15 is 0 Å². The van der Waals surface area contributed by atoms with Gasteiger partial charge in [0.05, 0.1) is 25.0 Å². The summed E-state index contributed by atoms with van der Waals surface area (Å²) >= 11 is 0. The number of rotatable bonds is 6. The van der Waals surface area contributed by atoms with Gasteiger partial charge >= 0.3 is 5.97 Å². The molecule has 0 N–H and O–H groups in total. The molecule has 1 aliphatic carbocycles. The minimum absolute atomic E-state index is 0.167. The third kappa shape index (κ3) is 3.21. The summed E-state index contributed by atoms with van der Waals surface area (Å²) in [6.07, 6.45) is 2.06. The highest BCUT2D eigenvalue weighted by atomic mass is 16.5. The van der Waals surface area contributed by atoms with Crippen LogP contribution in [0.4, 0.5) is 5.69 Å². The zero-order chi connectivity index (χ0) is 14.5. The van der Waals surface area contributed by atoms with E-state index in [1.807, 2.05) is 4.90 Å². The molecule has 0 bridgehead atoms. The molecule has 0 saturated heterocycles. The van der Waals surface area contributed by atoms with Crippen LogP contribution in [0.25, 0.3) is 0 Å². The smallest absolute Gasteiger partial charge is 0.325 e. The summed E-state index contributed by atoms with van der Waals surface area (Å²) in [7, 11) is 1.58. The highest BCUT2D eigenvalue weighted by Gasteiger charge is 2.32. The highest BCUT2D eigenvalue weighted by molar-refractivity contribution is 5.78. The zero-order valence-electron chi connectivity index (χ0n) is 11.8. The van der Waals surface area contributed by atoms with Crippen molar-refractivity contribution in [2.75, 3.05) is 25.2 Å². The average Bonchev–Trinajstić information content (AvgIpc) is 3.29. The minimum Gasteiger partial charge on any atom is -0.497 e. The fourth-order valence-electron chi connectivity index (χ4n) is 2.11. The normalized spacial score (nSPS) is 13.4. The third-order valence-electron chi connectivity index (χ3n) is 3.23. The van der Waals surface area contributed by atoms with Gasteiger partial charge in [-0.2, -0.15) is 5.26 Å².